The van der Waals surface area contributed by atoms with Crippen molar-refractivity contribution >= 4 is 11.9 Å². The van der Waals surface area contributed by atoms with Gasteiger partial charge < -0.3 is 21.7 Å². The highest BCUT2D eigenvalue weighted by Gasteiger charge is 1.99. The monoisotopic (exact) mass is 176 g/mol. The molecule has 0 aliphatic carbocycles. The lowest BCUT2D eigenvalue weighted by Crippen LogP contribution is -2.25. The standard InChI is InChI=1S/C3H7NO2.C3H5NO2/c2*1-2(4)3(5)6/h2H,4H2,1H3,(H,5,6);1,4H2,(H,5,6)/t2-;/m0./s1. The van der Waals surface area contributed by atoms with Gasteiger partial charge in [-0.2, -0.15) is 0 Å². The van der Waals surface area contributed by atoms with E-state index in [4.69, 9.17) is 15.9 Å². The Morgan fingerprint density at radius 2 is 1.58 bits per heavy atom. The van der Waals surface area contributed by atoms with Gasteiger partial charge in [-0.1, -0.05) is 6.58 Å². The Kier molecular flexibility index (Phi) is 6.71. The molecule has 0 aliphatic heterocycles. The molecule has 6 nitrogen and oxygen atoms in total. The van der Waals surface area contributed by atoms with Gasteiger partial charge in [-0.15, -0.1) is 0 Å². The molecule has 1 atom stereocenters. The summed E-state index contributed by atoms with van der Waals surface area (Å²) in [6.07, 6.45) is 0. The van der Waals surface area contributed by atoms with E-state index in [0.717, 1.165) is 0 Å². The minimum Gasteiger partial charge on any atom is -0.480 e. The summed E-state index contributed by atoms with van der Waals surface area (Å²) >= 11 is 0. The molecule has 0 aliphatic rings. The minimum absolute atomic E-state index is 0.324. The molecule has 0 bridgehead atoms. The molecule has 0 amide bonds. The molecule has 0 saturated carbocycles. The van der Waals surface area contributed by atoms with E-state index in [1.165, 1.54) is 6.92 Å². The van der Waals surface area contributed by atoms with Crippen LogP contribution in [0.1, 0.15) is 6.92 Å². The fraction of sp³-hybridized carbons (Fsp3) is 0.333. The fourth-order valence-corrected chi connectivity index (χ4v) is 0. The Morgan fingerprint density at radius 1 is 1.42 bits per heavy atom. The van der Waals surface area contributed by atoms with Crippen molar-refractivity contribution in [3.8, 4) is 0 Å². The molecule has 6 heteroatoms. The predicted molar refractivity (Wildman–Crippen MR) is 42.2 cm³/mol. The number of hydrogen-bond donors (Lipinski definition) is 4. The van der Waals surface area contributed by atoms with Crippen LogP contribution in [0.5, 0.6) is 0 Å². The van der Waals surface area contributed by atoms with Crippen molar-refractivity contribution in [2.75, 3.05) is 0 Å². The van der Waals surface area contributed by atoms with E-state index in [2.05, 4.69) is 12.3 Å². The van der Waals surface area contributed by atoms with Crippen molar-refractivity contribution in [1.29, 1.82) is 0 Å². The van der Waals surface area contributed by atoms with Crippen LogP contribution >= 0.6 is 0 Å². The number of carbonyl (C=O) groups is 2. The van der Waals surface area contributed by atoms with Crippen LogP contribution in [0.15, 0.2) is 12.3 Å². The van der Waals surface area contributed by atoms with E-state index in [1.807, 2.05) is 0 Å². The maximum absolute atomic E-state index is 9.57. The second kappa shape index (κ2) is 6.17. The first-order valence-corrected chi connectivity index (χ1v) is 2.95. The molecule has 70 valence electrons. The first kappa shape index (κ1) is 13.1. The van der Waals surface area contributed by atoms with Crippen molar-refractivity contribution in [2.24, 2.45) is 11.5 Å². The molecule has 0 aromatic carbocycles. The largest absolute Gasteiger partial charge is 0.480 e. The average Bonchev–Trinajstić information content (AvgIpc) is 1.88. The Bertz CT molecular complexity index is 176. The van der Waals surface area contributed by atoms with E-state index in [-0.39, 0.29) is 5.70 Å². The van der Waals surface area contributed by atoms with E-state index < -0.39 is 18.0 Å². The highest BCUT2D eigenvalue weighted by Crippen LogP contribution is 1.69. The van der Waals surface area contributed by atoms with Gasteiger partial charge in [0.05, 0.1) is 0 Å². The smallest absolute Gasteiger partial charge is 0.351 e. The van der Waals surface area contributed by atoms with Crippen molar-refractivity contribution in [2.45, 2.75) is 13.0 Å². The lowest BCUT2D eigenvalue weighted by molar-refractivity contribution is -0.138. The van der Waals surface area contributed by atoms with Crippen LogP contribution in [0.3, 0.4) is 0 Å². The van der Waals surface area contributed by atoms with Crippen LogP contribution in [-0.2, 0) is 9.59 Å². The molecule has 0 fully saturated rings. The lowest BCUT2D eigenvalue weighted by atomic mass is 10.4. The summed E-state index contributed by atoms with van der Waals surface area (Å²) in [6.45, 7) is 4.35. The van der Waals surface area contributed by atoms with Gasteiger partial charge in [0.15, 0.2) is 0 Å². The minimum atomic E-state index is -1.16. The SMILES string of the molecule is C=C(N)C(=O)O.C[C@H](N)C(=O)O. The number of aliphatic carboxylic acids is 2. The molecule has 0 aromatic heterocycles. The predicted octanol–water partition coefficient (Wildman–Crippen LogP) is -1.04. The van der Waals surface area contributed by atoms with Crippen LogP contribution < -0.4 is 11.5 Å². The van der Waals surface area contributed by atoms with Crippen molar-refractivity contribution < 1.29 is 19.8 Å². The Hall–Kier alpha value is -1.56. The second-order valence-electron chi connectivity index (χ2n) is 1.96. The first-order valence-electron chi connectivity index (χ1n) is 2.95. The van der Waals surface area contributed by atoms with Gasteiger partial charge in [0.1, 0.15) is 11.7 Å². The third-order valence-corrected chi connectivity index (χ3v) is 0.664. The van der Waals surface area contributed by atoms with Crippen LogP contribution in [0.2, 0.25) is 0 Å². The molecule has 12 heavy (non-hydrogen) atoms. The van der Waals surface area contributed by atoms with E-state index >= 15 is 0 Å². The van der Waals surface area contributed by atoms with Crippen molar-refractivity contribution in [3.05, 3.63) is 12.3 Å². The highest BCUT2D eigenvalue weighted by molar-refractivity contribution is 5.84. The molecule has 0 aromatic rings. The molecule has 0 radical (unpaired) electrons. The normalized spacial score (nSPS) is 10.5. The Morgan fingerprint density at radius 3 is 1.58 bits per heavy atom. The number of nitrogens with two attached hydrogens (primary N) is 2. The number of carboxylic acid groups (broad SMARTS) is 2. The molecule has 0 saturated heterocycles. The molecule has 0 unspecified atom stereocenters. The van der Waals surface area contributed by atoms with Gasteiger partial charge in [-0.25, -0.2) is 4.79 Å². The molecule has 0 spiro atoms. The summed E-state index contributed by atoms with van der Waals surface area (Å²) < 4.78 is 0. The number of hydrogen-bond acceptors (Lipinski definition) is 4. The third kappa shape index (κ3) is 11.3. The Balaban J connectivity index is 0. The van der Waals surface area contributed by atoms with Crippen LogP contribution in [0.25, 0.3) is 0 Å². The maximum atomic E-state index is 9.57. The molecular weight excluding hydrogens is 164 g/mol. The van der Waals surface area contributed by atoms with Crippen LogP contribution in [0.4, 0.5) is 0 Å². The Labute approximate surface area is 69.5 Å². The molecular formula is C6H12N2O4. The first-order chi connectivity index (χ1) is 5.29. The summed E-state index contributed by atoms with van der Waals surface area (Å²) in [6, 6.07) is -0.731. The third-order valence-electron chi connectivity index (χ3n) is 0.664. The maximum Gasteiger partial charge on any atom is 0.351 e. The van der Waals surface area contributed by atoms with Gasteiger partial charge in [-0.05, 0) is 6.92 Å². The van der Waals surface area contributed by atoms with Gasteiger partial charge in [0.25, 0.3) is 0 Å². The summed E-state index contributed by atoms with van der Waals surface area (Å²) in [5, 5.41) is 15.6. The highest BCUT2D eigenvalue weighted by atomic mass is 16.4. The zero-order chi connectivity index (χ0) is 10.3. The number of carboxylic acids is 2. The van der Waals surface area contributed by atoms with Gasteiger partial charge in [0, 0.05) is 0 Å². The number of rotatable bonds is 2. The van der Waals surface area contributed by atoms with Gasteiger partial charge >= 0.3 is 11.9 Å². The molecule has 6 N–H and O–H groups in total. The van der Waals surface area contributed by atoms with Crippen LogP contribution in [-0.4, -0.2) is 28.2 Å². The quantitative estimate of drug-likeness (QED) is 0.398. The van der Waals surface area contributed by atoms with E-state index in [9.17, 15) is 9.59 Å². The summed E-state index contributed by atoms with van der Waals surface area (Å²) in [5.74, 6) is -2.12. The molecule has 0 heterocycles. The summed E-state index contributed by atoms with van der Waals surface area (Å²) in [4.78, 5) is 19.0. The molecule has 0 rings (SSSR count). The van der Waals surface area contributed by atoms with Gasteiger partial charge in [-0.3, -0.25) is 4.79 Å². The zero-order valence-corrected chi connectivity index (χ0v) is 6.65. The zero-order valence-electron chi connectivity index (χ0n) is 6.65. The van der Waals surface area contributed by atoms with Gasteiger partial charge in [0.2, 0.25) is 0 Å². The van der Waals surface area contributed by atoms with Crippen molar-refractivity contribution in [1.82, 2.24) is 0 Å². The summed E-state index contributed by atoms with van der Waals surface area (Å²) in [5.41, 5.74) is 9.15. The second-order valence-corrected chi connectivity index (χ2v) is 1.96. The van der Waals surface area contributed by atoms with E-state index in [1.54, 1.807) is 0 Å². The summed E-state index contributed by atoms with van der Waals surface area (Å²) in [7, 11) is 0. The average molecular weight is 176 g/mol. The van der Waals surface area contributed by atoms with Crippen molar-refractivity contribution in [3.63, 3.8) is 0 Å². The lowest BCUT2D eigenvalue weighted by Gasteiger charge is -1.90. The topological polar surface area (TPSA) is 127 Å². The van der Waals surface area contributed by atoms with E-state index in [0.29, 0.717) is 0 Å². The van der Waals surface area contributed by atoms with Crippen LogP contribution in [0, 0.1) is 0 Å². The fourth-order valence-electron chi connectivity index (χ4n) is 0.